The van der Waals surface area contributed by atoms with E-state index in [4.69, 9.17) is 15.2 Å². The number of benzene rings is 1. The Bertz CT molecular complexity index is 427. The Hall–Kier alpha value is -1.22. The van der Waals surface area contributed by atoms with Gasteiger partial charge in [0.25, 0.3) is 0 Å². The van der Waals surface area contributed by atoms with Crippen LogP contribution < -0.4 is 15.2 Å². The summed E-state index contributed by atoms with van der Waals surface area (Å²) >= 11 is 0. The zero-order valence-electron chi connectivity index (χ0n) is 12.2. The van der Waals surface area contributed by atoms with Gasteiger partial charge in [-0.05, 0) is 67.8 Å². The van der Waals surface area contributed by atoms with E-state index in [2.05, 4.69) is 19.1 Å². The van der Waals surface area contributed by atoms with E-state index in [0.29, 0.717) is 5.92 Å². The van der Waals surface area contributed by atoms with E-state index < -0.39 is 0 Å². The lowest BCUT2D eigenvalue weighted by Crippen LogP contribution is -2.23. The van der Waals surface area contributed by atoms with Crippen LogP contribution in [0.3, 0.4) is 0 Å². The van der Waals surface area contributed by atoms with Gasteiger partial charge < -0.3 is 15.2 Å². The largest absolute Gasteiger partial charge is 0.493 e. The van der Waals surface area contributed by atoms with Gasteiger partial charge in [0.15, 0.2) is 11.5 Å². The normalized spacial score (nSPS) is 16.8. The standard InChI is InChI=1S/C16H25NO2/c1-11-9-15(18-2)16(19-3)10-14(11)13(7-8-17)12-5-4-6-12/h9-10,12-13H,4-8,17H2,1-3H3. The summed E-state index contributed by atoms with van der Waals surface area (Å²) in [5.74, 6) is 2.99. The Morgan fingerprint density at radius 2 is 1.84 bits per heavy atom. The third-order valence-corrected chi connectivity index (χ3v) is 4.37. The minimum atomic E-state index is 0.568. The molecular weight excluding hydrogens is 238 g/mol. The van der Waals surface area contributed by atoms with E-state index in [-0.39, 0.29) is 0 Å². The van der Waals surface area contributed by atoms with Gasteiger partial charge in [0.2, 0.25) is 0 Å². The van der Waals surface area contributed by atoms with Crippen LogP contribution in [0.15, 0.2) is 12.1 Å². The molecule has 106 valence electrons. The minimum Gasteiger partial charge on any atom is -0.493 e. The smallest absolute Gasteiger partial charge is 0.161 e. The molecule has 0 bridgehead atoms. The number of rotatable bonds is 6. The molecule has 1 fully saturated rings. The molecule has 1 atom stereocenters. The van der Waals surface area contributed by atoms with Crippen molar-refractivity contribution < 1.29 is 9.47 Å². The molecule has 0 saturated heterocycles. The maximum atomic E-state index is 5.80. The highest BCUT2D eigenvalue weighted by Gasteiger charge is 2.29. The molecule has 3 nitrogen and oxygen atoms in total. The fourth-order valence-corrected chi connectivity index (χ4v) is 3.06. The van der Waals surface area contributed by atoms with Gasteiger partial charge in [-0.1, -0.05) is 6.42 Å². The van der Waals surface area contributed by atoms with Crippen LogP contribution in [-0.2, 0) is 0 Å². The van der Waals surface area contributed by atoms with E-state index in [1.54, 1.807) is 14.2 Å². The van der Waals surface area contributed by atoms with Crippen molar-refractivity contribution in [1.29, 1.82) is 0 Å². The summed E-state index contributed by atoms with van der Waals surface area (Å²) in [5.41, 5.74) is 8.47. The Balaban J connectivity index is 2.35. The second kappa shape index (κ2) is 6.29. The van der Waals surface area contributed by atoms with E-state index in [9.17, 15) is 0 Å². The molecule has 3 heteroatoms. The summed E-state index contributed by atoms with van der Waals surface area (Å²) in [6.45, 7) is 2.90. The van der Waals surface area contributed by atoms with Gasteiger partial charge in [0.1, 0.15) is 0 Å². The lowest BCUT2D eigenvalue weighted by atomic mass is 9.71. The molecule has 1 aromatic carbocycles. The Kier molecular flexibility index (Phi) is 4.70. The van der Waals surface area contributed by atoms with Gasteiger partial charge in [-0.15, -0.1) is 0 Å². The van der Waals surface area contributed by atoms with Crippen molar-refractivity contribution in [2.75, 3.05) is 20.8 Å². The number of nitrogens with two attached hydrogens (primary N) is 1. The van der Waals surface area contributed by atoms with Crippen molar-refractivity contribution >= 4 is 0 Å². The molecule has 1 unspecified atom stereocenters. The predicted octanol–water partition coefficient (Wildman–Crippen LogP) is 3.24. The van der Waals surface area contributed by atoms with Crippen LogP contribution in [0.5, 0.6) is 11.5 Å². The molecule has 1 saturated carbocycles. The quantitative estimate of drug-likeness (QED) is 0.857. The zero-order valence-corrected chi connectivity index (χ0v) is 12.2. The number of aryl methyl sites for hydroxylation is 1. The van der Waals surface area contributed by atoms with Crippen LogP contribution >= 0.6 is 0 Å². The van der Waals surface area contributed by atoms with Gasteiger partial charge in [0.05, 0.1) is 14.2 Å². The van der Waals surface area contributed by atoms with Gasteiger partial charge in [-0.3, -0.25) is 0 Å². The average Bonchev–Trinajstić information content (AvgIpc) is 2.36. The highest BCUT2D eigenvalue weighted by Crippen LogP contribution is 2.44. The predicted molar refractivity (Wildman–Crippen MR) is 78.0 cm³/mol. The second-order valence-electron chi connectivity index (χ2n) is 5.44. The number of hydrogen-bond acceptors (Lipinski definition) is 3. The second-order valence-corrected chi connectivity index (χ2v) is 5.44. The van der Waals surface area contributed by atoms with Gasteiger partial charge in [0, 0.05) is 0 Å². The van der Waals surface area contributed by atoms with E-state index in [1.165, 1.54) is 30.4 Å². The molecule has 1 aromatic rings. The van der Waals surface area contributed by atoms with Crippen LogP contribution in [0.25, 0.3) is 0 Å². The summed E-state index contributed by atoms with van der Waals surface area (Å²) in [5, 5.41) is 0. The highest BCUT2D eigenvalue weighted by atomic mass is 16.5. The Morgan fingerprint density at radius 1 is 1.21 bits per heavy atom. The van der Waals surface area contributed by atoms with Gasteiger partial charge in [-0.25, -0.2) is 0 Å². The fourth-order valence-electron chi connectivity index (χ4n) is 3.06. The number of hydrogen-bond donors (Lipinski definition) is 1. The number of methoxy groups -OCH3 is 2. The SMILES string of the molecule is COc1cc(C)c(C(CCN)C2CCC2)cc1OC. The van der Waals surface area contributed by atoms with E-state index in [1.807, 2.05) is 0 Å². The van der Waals surface area contributed by atoms with E-state index >= 15 is 0 Å². The third kappa shape index (κ3) is 2.86. The summed E-state index contributed by atoms with van der Waals surface area (Å²) < 4.78 is 10.8. The minimum absolute atomic E-state index is 0.568. The molecule has 0 amide bonds. The van der Waals surface area contributed by atoms with Crippen LogP contribution in [-0.4, -0.2) is 20.8 Å². The molecule has 1 aliphatic rings. The molecule has 0 aliphatic heterocycles. The molecule has 0 spiro atoms. The molecule has 0 radical (unpaired) electrons. The monoisotopic (exact) mass is 263 g/mol. The van der Waals surface area contributed by atoms with Crippen LogP contribution in [0, 0.1) is 12.8 Å². The van der Waals surface area contributed by atoms with Crippen molar-refractivity contribution in [3.05, 3.63) is 23.3 Å². The molecule has 1 aliphatic carbocycles. The van der Waals surface area contributed by atoms with Crippen molar-refractivity contribution in [2.45, 2.75) is 38.5 Å². The van der Waals surface area contributed by atoms with Crippen LogP contribution in [0.2, 0.25) is 0 Å². The number of ether oxygens (including phenoxy) is 2. The Labute approximate surface area is 116 Å². The molecular formula is C16H25NO2. The zero-order chi connectivity index (χ0) is 13.8. The summed E-state index contributed by atoms with van der Waals surface area (Å²) in [7, 11) is 3.37. The van der Waals surface area contributed by atoms with Crippen molar-refractivity contribution in [1.82, 2.24) is 0 Å². The average molecular weight is 263 g/mol. The first-order chi connectivity index (χ1) is 9.21. The summed E-state index contributed by atoms with van der Waals surface area (Å²) in [6.07, 6.45) is 5.08. The maximum Gasteiger partial charge on any atom is 0.161 e. The lowest BCUT2D eigenvalue weighted by molar-refractivity contribution is 0.252. The topological polar surface area (TPSA) is 44.5 Å². The summed E-state index contributed by atoms with van der Waals surface area (Å²) in [6, 6.07) is 4.23. The first-order valence-corrected chi connectivity index (χ1v) is 7.13. The molecule has 0 heterocycles. The maximum absolute atomic E-state index is 5.80. The first-order valence-electron chi connectivity index (χ1n) is 7.13. The summed E-state index contributed by atoms with van der Waals surface area (Å²) in [4.78, 5) is 0. The first kappa shape index (κ1) is 14.2. The molecule has 2 N–H and O–H groups in total. The van der Waals surface area contributed by atoms with Crippen LogP contribution in [0.4, 0.5) is 0 Å². The van der Waals surface area contributed by atoms with Crippen molar-refractivity contribution in [3.63, 3.8) is 0 Å². The molecule has 2 rings (SSSR count). The van der Waals surface area contributed by atoms with Crippen molar-refractivity contribution in [2.24, 2.45) is 11.7 Å². The van der Waals surface area contributed by atoms with Gasteiger partial charge in [-0.2, -0.15) is 0 Å². The van der Waals surface area contributed by atoms with Crippen molar-refractivity contribution in [3.8, 4) is 11.5 Å². The highest BCUT2D eigenvalue weighted by molar-refractivity contribution is 5.48. The fraction of sp³-hybridized carbons (Fsp3) is 0.625. The lowest BCUT2D eigenvalue weighted by Gasteiger charge is -2.35. The van der Waals surface area contributed by atoms with E-state index in [0.717, 1.165) is 30.4 Å². The molecule has 19 heavy (non-hydrogen) atoms. The van der Waals surface area contributed by atoms with Gasteiger partial charge >= 0.3 is 0 Å². The van der Waals surface area contributed by atoms with Crippen LogP contribution in [0.1, 0.15) is 42.7 Å². The Morgan fingerprint density at radius 3 is 2.32 bits per heavy atom. The third-order valence-electron chi connectivity index (χ3n) is 4.37. The molecule has 0 aromatic heterocycles.